The monoisotopic (exact) mass is 189 g/mol. The van der Waals surface area contributed by atoms with Crippen LogP contribution in [0.4, 0.5) is 11.4 Å². The van der Waals surface area contributed by atoms with Crippen LogP contribution in [0.2, 0.25) is 0 Å². The molecule has 0 aliphatic rings. The van der Waals surface area contributed by atoms with Gasteiger partial charge in [0, 0.05) is 25.0 Å². The maximum Gasteiger partial charge on any atom is 0.0671 e. The fourth-order valence-electron chi connectivity index (χ4n) is 1.32. The Morgan fingerprint density at radius 2 is 2.29 bits per heavy atom. The zero-order chi connectivity index (χ0) is 10.6. The molecule has 1 rings (SSSR count). The fraction of sp³-hybridized carbons (Fsp3) is 0.364. The van der Waals surface area contributed by atoms with E-state index < -0.39 is 0 Å². The summed E-state index contributed by atoms with van der Waals surface area (Å²) in [4.78, 5) is 2.03. The first kappa shape index (κ1) is 10.4. The van der Waals surface area contributed by atoms with Crippen molar-refractivity contribution in [2.45, 2.75) is 6.92 Å². The quantitative estimate of drug-likeness (QED) is 0.738. The third-order valence-electron chi connectivity index (χ3n) is 2.08. The molecule has 0 aliphatic heterocycles. The highest BCUT2D eigenvalue weighted by molar-refractivity contribution is 5.55. The number of nitriles is 1. The van der Waals surface area contributed by atoms with Gasteiger partial charge in [-0.15, -0.1) is 0 Å². The van der Waals surface area contributed by atoms with Crippen LogP contribution in [0, 0.1) is 17.2 Å². The summed E-state index contributed by atoms with van der Waals surface area (Å²) in [6.45, 7) is 2.63. The Morgan fingerprint density at radius 1 is 1.57 bits per heavy atom. The summed E-state index contributed by atoms with van der Waals surface area (Å²) in [6, 6.07) is 9.87. The highest BCUT2D eigenvalue weighted by Gasteiger charge is 2.05. The number of benzene rings is 1. The Hall–Kier alpha value is -1.69. The van der Waals surface area contributed by atoms with E-state index in [9.17, 15) is 0 Å². The van der Waals surface area contributed by atoms with Gasteiger partial charge < -0.3 is 10.6 Å². The molecular weight excluding hydrogens is 174 g/mol. The number of hydrogen-bond donors (Lipinski definition) is 1. The van der Waals surface area contributed by atoms with Crippen LogP contribution >= 0.6 is 0 Å². The maximum absolute atomic E-state index is 8.68. The first-order valence-electron chi connectivity index (χ1n) is 4.59. The van der Waals surface area contributed by atoms with Gasteiger partial charge in [0.2, 0.25) is 0 Å². The molecule has 1 aromatic rings. The average Bonchev–Trinajstić information content (AvgIpc) is 2.17. The van der Waals surface area contributed by atoms with E-state index in [4.69, 9.17) is 11.0 Å². The highest BCUT2D eigenvalue weighted by atomic mass is 15.1. The molecule has 14 heavy (non-hydrogen) atoms. The summed E-state index contributed by atoms with van der Waals surface area (Å²) in [5, 5.41) is 8.68. The van der Waals surface area contributed by atoms with E-state index in [0.29, 0.717) is 0 Å². The van der Waals surface area contributed by atoms with Crippen LogP contribution in [-0.2, 0) is 0 Å². The van der Waals surface area contributed by atoms with E-state index in [1.54, 1.807) is 0 Å². The van der Waals surface area contributed by atoms with Gasteiger partial charge in [-0.25, -0.2) is 0 Å². The van der Waals surface area contributed by atoms with E-state index >= 15 is 0 Å². The van der Waals surface area contributed by atoms with Gasteiger partial charge in [-0.3, -0.25) is 0 Å². The van der Waals surface area contributed by atoms with Gasteiger partial charge in [0.25, 0.3) is 0 Å². The molecule has 1 unspecified atom stereocenters. The zero-order valence-corrected chi connectivity index (χ0v) is 8.57. The average molecular weight is 189 g/mol. The second-order valence-corrected chi connectivity index (χ2v) is 3.51. The lowest BCUT2D eigenvalue weighted by molar-refractivity contribution is 0.716. The molecule has 0 fully saturated rings. The van der Waals surface area contributed by atoms with Crippen molar-refractivity contribution in [3.8, 4) is 6.07 Å². The lowest BCUT2D eigenvalue weighted by Crippen LogP contribution is -2.23. The molecule has 0 radical (unpaired) electrons. The summed E-state index contributed by atoms with van der Waals surface area (Å²) in [7, 11) is 1.96. The van der Waals surface area contributed by atoms with Crippen LogP contribution in [0.5, 0.6) is 0 Å². The number of hydrogen-bond acceptors (Lipinski definition) is 3. The van der Waals surface area contributed by atoms with E-state index in [2.05, 4.69) is 6.07 Å². The molecule has 0 aliphatic carbocycles. The van der Waals surface area contributed by atoms with Crippen LogP contribution in [0.25, 0.3) is 0 Å². The molecule has 0 saturated heterocycles. The van der Waals surface area contributed by atoms with Gasteiger partial charge in [-0.2, -0.15) is 5.26 Å². The van der Waals surface area contributed by atoms with Gasteiger partial charge in [0.1, 0.15) is 0 Å². The van der Waals surface area contributed by atoms with Crippen LogP contribution in [-0.4, -0.2) is 13.6 Å². The van der Waals surface area contributed by atoms with Gasteiger partial charge >= 0.3 is 0 Å². The van der Waals surface area contributed by atoms with Crippen LogP contribution in [0.1, 0.15) is 6.92 Å². The number of nitrogen functional groups attached to an aromatic ring is 1. The lowest BCUT2D eigenvalue weighted by atomic mass is 10.2. The smallest absolute Gasteiger partial charge is 0.0671 e. The predicted octanol–water partition coefficient (Wildman–Crippen LogP) is 1.86. The summed E-state index contributed by atoms with van der Waals surface area (Å²) in [6.07, 6.45) is 0. The molecule has 0 aromatic heterocycles. The second-order valence-electron chi connectivity index (χ2n) is 3.51. The number of nitrogens with two attached hydrogens (primary N) is 1. The van der Waals surface area contributed by atoms with Crippen molar-refractivity contribution in [3.63, 3.8) is 0 Å². The normalized spacial score (nSPS) is 11.8. The van der Waals surface area contributed by atoms with Crippen molar-refractivity contribution in [3.05, 3.63) is 24.3 Å². The van der Waals surface area contributed by atoms with E-state index in [1.165, 1.54) is 0 Å². The predicted molar refractivity (Wildman–Crippen MR) is 58.9 cm³/mol. The van der Waals surface area contributed by atoms with E-state index in [-0.39, 0.29) is 5.92 Å². The first-order chi connectivity index (χ1) is 6.63. The van der Waals surface area contributed by atoms with Crippen molar-refractivity contribution in [2.24, 2.45) is 5.92 Å². The van der Waals surface area contributed by atoms with Gasteiger partial charge in [0.05, 0.1) is 12.0 Å². The molecule has 74 valence electrons. The molecule has 0 amide bonds. The Morgan fingerprint density at radius 3 is 2.86 bits per heavy atom. The fourth-order valence-corrected chi connectivity index (χ4v) is 1.32. The maximum atomic E-state index is 8.68. The van der Waals surface area contributed by atoms with Crippen LogP contribution in [0.3, 0.4) is 0 Å². The van der Waals surface area contributed by atoms with Crippen molar-refractivity contribution in [1.82, 2.24) is 0 Å². The molecule has 1 atom stereocenters. The minimum Gasteiger partial charge on any atom is -0.399 e. The topological polar surface area (TPSA) is 53.0 Å². The molecule has 0 bridgehead atoms. The Balaban J connectivity index is 2.70. The van der Waals surface area contributed by atoms with Crippen molar-refractivity contribution in [1.29, 1.82) is 5.26 Å². The molecule has 3 heteroatoms. The lowest BCUT2D eigenvalue weighted by Gasteiger charge is -2.20. The van der Waals surface area contributed by atoms with Crippen LogP contribution < -0.4 is 10.6 Å². The Bertz CT molecular complexity index is 341. The molecule has 1 aromatic carbocycles. The summed E-state index contributed by atoms with van der Waals surface area (Å²) in [5.41, 5.74) is 7.47. The summed E-state index contributed by atoms with van der Waals surface area (Å²) in [5.74, 6) is 0.0291. The van der Waals surface area contributed by atoms with Gasteiger partial charge in [-0.05, 0) is 25.1 Å². The summed E-state index contributed by atoms with van der Waals surface area (Å²) >= 11 is 0. The van der Waals surface area contributed by atoms with Gasteiger partial charge in [-0.1, -0.05) is 6.07 Å². The number of nitrogens with zero attached hydrogens (tertiary/aromatic N) is 2. The molecular formula is C11H15N3. The van der Waals surface area contributed by atoms with Crippen molar-refractivity contribution in [2.75, 3.05) is 24.2 Å². The van der Waals surface area contributed by atoms with Crippen molar-refractivity contribution < 1.29 is 0 Å². The van der Waals surface area contributed by atoms with Crippen molar-refractivity contribution >= 4 is 11.4 Å². The second kappa shape index (κ2) is 4.52. The number of anilines is 2. The third-order valence-corrected chi connectivity index (χ3v) is 2.08. The largest absolute Gasteiger partial charge is 0.399 e. The zero-order valence-electron chi connectivity index (χ0n) is 8.57. The van der Waals surface area contributed by atoms with E-state index in [1.807, 2.05) is 43.1 Å². The standard InChI is InChI=1S/C11H15N3/c1-9(7-12)8-14(2)11-5-3-4-10(13)6-11/h3-6,9H,8,13H2,1-2H3. The highest BCUT2D eigenvalue weighted by Crippen LogP contribution is 2.16. The minimum atomic E-state index is 0.0291. The van der Waals surface area contributed by atoms with Gasteiger partial charge in [0.15, 0.2) is 0 Å². The SMILES string of the molecule is CC(C#N)CN(C)c1cccc(N)c1. The first-order valence-corrected chi connectivity index (χ1v) is 4.59. The molecule has 3 nitrogen and oxygen atoms in total. The molecule has 0 heterocycles. The van der Waals surface area contributed by atoms with Crippen LogP contribution in [0.15, 0.2) is 24.3 Å². The Labute approximate surface area is 84.7 Å². The molecule has 0 saturated carbocycles. The number of rotatable bonds is 3. The minimum absolute atomic E-state index is 0.0291. The Kier molecular flexibility index (Phi) is 3.35. The van der Waals surface area contributed by atoms with E-state index in [0.717, 1.165) is 17.9 Å². The molecule has 2 N–H and O–H groups in total. The molecule has 0 spiro atoms. The summed E-state index contributed by atoms with van der Waals surface area (Å²) < 4.78 is 0. The third kappa shape index (κ3) is 2.67.